The molecule has 0 spiro atoms. The predicted octanol–water partition coefficient (Wildman–Crippen LogP) is 3.59. The molecular weight excluding hydrogens is 542 g/mol. The van der Waals surface area contributed by atoms with Gasteiger partial charge in [0, 0.05) is 37.8 Å². The lowest BCUT2D eigenvalue weighted by Crippen LogP contribution is -2.43. The number of halogens is 4. The minimum Gasteiger partial charge on any atom is -0.355 e. The minimum atomic E-state index is -4.49. The molecule has 1 atom stereocenters. The number of nitrogens with zero attached hydrogens (tertiary/aromatic N) is 4. The quantitative estimate of drug-likeness (QED) is 0.195. The van der Waals surface area contributed by atoms with Gasteiger partial charge in [-0.1, -0.05) is 6.07 Å². The van der Waals surface area contributed by atoms with Crippen LogP contribution in [0.3, 0.4) is 0 Å². The van der Waals surface area contributed by atoms with E-state index in [2.05, 4.69) is 53.3 Å². The van der Waals surface area contributed by atoms with E-state index in [1.807, 2.05) is 0 Å². The van der Waals surface area contributed by atoms with Gasteiger partial charge in [-0.2, -0.15) is 13.2 Å². The summed E-state index contributed by atoms with van der Waals surface area (Å²) in [6, 6.07) is 5.37. The van der Waals surface area contributed by atoms with Crippen LogP contribution in [0.5, 0.6) is 0 Å². The Bertz CT molecular complexity index is 811. The number of thiophene rings is 1. The molecule has 2 aromatic rings. The van der Waals surface area contributed by atoms with Crippen molar-refractivity contribution in [3.8, 4) is 0 Å². The Morgan fingerprint density at radius 3 is 2.65 bits per heavy atom. The van der Waals surface area contributed by atoms with Crippen LogP contribution >= 0.6 is 35.3 Å². The topological polar surface area (TPSA) is 77.5 Å². The Morgan fingerprint density at radius 2 is 2.00 bits per heavy atom. The van der Waals surface area contributed by atoms with Crippen LogP contribution in [-0.4, -0.2) is 60.6 Å². The van der Waals surface area contributed by atoms with Crippen LogP contribution in [0.2, 0.25) is 0 Å². The number of rotatable bonds is 8. The fourth-order valence-electron chi connectivity index (χ4n) is 3.31. The molecule has 0 saturated carbocycles. The first kappa shape index (κ1) is 25.6. The summed E-state index contributed by atoms with van der Waals surface area (Å²) < 4.78 is 38.1. The maximum absolute atomic E-state index is 12.7. The smallest absolute Gasteiger partial charge is 0.355 e. The number of alkyl halides is 3. The lowest BCUT2D eigenvalue weighted by Gasteiger charge is -2.27. The summed E-state index contributed by atoms with van der Waals surface area (Å²) in [7, 11) is 1.69. The second-order valence-corrected chi connectivity index (χ2v) is 7.82. The van der Waals surface area contributed by atoms with Gasteiger partial charge in [0.25, 0.3) is 0 Å². The third-order valence-electron chi connectivity index (χ3n) is 4.79. The van der Waals surface area contributed by atoms with E-state index in [9.17, 15) is 13.2 Å². The van der Waals surface area contributed by atoms with Crippen molar-refractivity contribution in [1.82, 2.24) is 25.5 Å². The summed E-state index contributed by atoms with van der Waals surface area (Å²) in [6.07, 6.45) is -0.955. The van der Waals surface area contributed by atoms with E-state index in [4.69, 9.17) is 0 Å². The van der Waals surface area contributed by atoms with Gasteiger partial charge in [0.1, 0.15) is 5.69 Å². The van der Waals surface area contributed by atoms with Crippen molar-refractivity contribution >= 4 is 47.2 Å². The third-order valence-corrected chi connectivity index (χ3v) is 5.76. The minimum absolute atomic E-state index is 0. The molecule has 1 aliphatic heterocycles. The van der Waals surface area contributed by atoms with Gasteiger partial charge >= 0.3 is 6.18 Å². The van der Waals surface area contributed by atoms with Gasteiger partial charge in [0.2, 0.25) is 5.95 Å². The van der Waals surface area contributed by atoms with Crippen LogP contribution in [0, 0.1) is 0 Å². The summed E-state index contributed by atoms with van der Waals surface area (Å²) >= 11 is 1.75. The Balaban J connectivity index is 0.00000341. The molecule has 0 amide bonds. The van der Waals surface area contributed by atoms with E-state index in [0.717, 1.165) is 31.9 Å². The highest BCUT2D eigenvalue weighted by Crippen LogP contribution is 2.28. The summed E-state index contributed by atoms with van der Waals surface area (Å²) in [5.41, 5.74) is -0.966. The number of hydrogen-bond acceptors (Lipinski definition) is 6. The lowest BCUT2D eigenvalue weighted by molar-refractivity contribution is -0.141. The van der Waals surface area contributed by atoms with Gasteiger partial charge in [-0.25, -0.2) is 9.97 Å². The van der Waals surface area contributed by atoms with Crippen LogP contribution in [0.1, 0.15) is 29.5 Å². The number of guanidine groups is 1. The average molecular weight is 569 g/mol. The highest BCUT2D eigenvalue weighted by Gasteiger charge is 2.32. The molecule has 1 aliphatic rings. The summed E-state index contributed by atoms with van der Waals surface area (Å²) in [6.45, 7) is 3.72. The maximum atomic E-state index is 12.7. The van der Waals surface area contributed by atoms with Crippen LogP contribution in [0.25, 0.3) is 0 Å². The predicted molar refractivity (Wildman–Crippen MR) is 128 cm³/mol. The van der Waals surface area contributed by atoms with Crippen molar-refractivity contribution in [2.75, 3.05) is 45.1 Å². The second kappa shape index (κ2) is 12.4. The van der Waals surface area contributed by atoms with Crippen molar-refractivity contribution < 1.29 is 13.2 Å². The molecule has 0 aromatic carbocycles. The first-order valence-corrected chi connectivity index (χ1v) is 10.7. The Labute approximate surface area is 201 Å². The van der Waals surface area contributed by atoms with E-state index < -0.39 is 11.9 Å². The molecule has 0 radical (unpaired) electrons. The van der Waals surface area contributed by atoms with Crippen LogP contribution in [-0.2, 0) is 6.18 Å². The monoisotopic (exact) mass is 569 g/mol. The molecule has 172 valence electrons. The van der Waals surface area contributed by atoms with Crippen LogP contribution < -0.4 is 16.0 Å². The Hall–Kier alpha value is -1.67. The standard InChI is InChI=1S/C19H26F3N7S.HI/c1-23-17(25-8-9-26-18-24-7-6-16(28-18)19(20,21)22)27-13-14(15-5-4-12-30-15)29-10-2-3-11-29;/h4-7,12,14H,2-3,8-11,13H2,1H3,(H2,23,25,27)(H,24,26,28);1H. The SMILES string of the molecule is CN=C(NCCNc1nccc(C(F)(F)F)n1)NCC(c1cccs1)N1CCCC1.I. The highest BCUT2D eigenvalue weighted by molar-refractivity contribution is 14.0. The molecule has 1 unspecified atom stereocenters. The number of hydrogen-bond donors (Lipinski definition) is 3. The number of likely N-dealkylation sites (tertiary alicyclic amines) is 1. The number of aromatic nitrogens is 2. The van der Waals surface area contributed by atoms with Crippen molar-refractivity contribution in [2.45, 2.75) is 25.1 Å². The molecule has 0 bridgehead atoms. The Morgan fingerprint density at radius 1 is 1.23 bits per heavy atom. The zero-order valence-corrected chi connectivity index (χ0v) is 20.3. The molecule has 2 aromatic heterocycles. The van der Waals surface area contributed by atoms with E-state index in [1.54, 1.807) is 18.4 Å². The summed E-state index contributed by atoms with van der Waals surface area (Å²) in [4.78, 5) is 15.3. The summed E-state index contributed by atoms with van der Waals surface area (Å²) in [5.74, 6) is 0.587. The molecule has 3 N–H and O–H groups in total. The third kappa shape index (κ3) is 7.75. The van der Waals surface area contributed by atoms with Gasteiger partial charge in [-0.3, -0.25) is 9.89 Å². The normalized spacial score (nSPS) is 15.9. The van der Waals surface area contributed by atoms with E-state index in [-0.39, 0.29) is 29.9 Å². The van der Waals surface area contributed by atoms with Gasteiger partial charge in [0.15, 0.2) is 5.96 Å². The largest absolute Gasteiger partial charge is 0.433 e. The zero-order chi connectivity index (χ0) is 21.4. The van der Waals surface area contributed by atoms with E-state index in [1.165, 1.54) is 17.7 Å². The number of nitrogens with one attached hydrogen (secondary N) is 3. The van der Waals surface area contributed by atoms with E-state index in [0.29, 0.717) is 25.1 Å². The molecule has 3 heterocycles. The van der Waals surface area contributed by atoms with E-state index >= 15 is 0 Å². The first-order valence-electron chi connectivity index (χ1n) is 9.83. The van der Waals surface area contributed by atoms with Crippen molar-refractivity contribution in [3.63, 3.8) is 0 Å². The van der Waals surface area contributed by atoms with Crippen molar-refractivity contribution in [3.05, 3.63) is 40.3 Å². The maximum Gasteiger partial charge on any atom is 0.433 e. The van der Waals surface area contributed by atoms with Crippen LogP contribution in [0.15, 0.2) is 34.8 Å². The second-order valence-electron chi connectivity index (χ2n) is 6.84. The average Bonchev–Trinajstić information content (AvgIpc) is 3.44. The molecule has 0 aliphatic carbocycles. The number of aliphatic imine (C=N–C) groups is 1. The highest BCUT2D eigenvalue weighted by atomic mass is 127. The molecule has 3 rings (SSSR count). The molecule has 1 saturated heterocycles. The van der Waals surface area contributed by atoms with Gasteiger partial charge in [-0.05, 0) is 43.4 Å². The molecule has 1 fully saturated rings. The molecule has 31 heavy (non-hydrogen) atoms. The van der Waals surface area contributed by atoms with Gasteiger partial charge < -0.3 is 16.0 Å². The zero-order valence-electron chi connectivity index (χ0n) is 17.2. The summed E-state index contributed by atoms with van der Waals surface area (Å²) in [5, 5.41) is 11.4. The fraction of sp³-hybridized carbons (Fsp3) is 0.526. The van der Waals surface area contributed by atoms with Crippen molar-refractivity contribution in [2.24, 2.45) is 4.99 Å². The number of anilines is 1. The molecule has 7 nitrogen and oxygen atoms in total. The molecular formula is C19H27F3IN7S. The van der Waals surface area contributed by atoms with Crippen molar-refractivity contribution in [1.29, 1.82) is 0 Å². The van der Waals surface area contributed by atoms with Gasteiger partial charge in [-0.15, -0.1) is 35.3 Å². The van der Waals surface area contributed by atoms with Gasteiger partial charge in [0.05, 0.1) is 6.04 Å². The first-order chi connectivity index (χ1) is 14.5. The molecule has 12 heteroatoms. The Kier molecular flexibility index (Phi) is 10.2. The fourth-order valence-corrected chi connectivity index (χ4v) is 4.18. The van der Waals surface area contributed by atoms with Crippen LogP contribution in [0.4, 0.5) is 19.1 Å². The lowest BCUT2D eigenvalue weighted by atomic mass is 10.2.